The Labute approximate surface area is 418 Å². The van der Waals surface area contributed by atoms with E-state index >= 15 is 0 Å². The number of hydrogen-bond donors (Lipinski definition) is 0. The van der Waals surface area contributed by atoms with E-state index in [1.54, 1.807) is 12.3 Å². The number of aromatic nitrogens is 2. The summed E-state index contributed by atoms with van der Waals surface area (Å²) in [5.74, 6) is 1.47. The minimum Gasteiger partial charge on any atom is -0.509 e. The normalized spacial score (nSPS) is 13.5. The molecule has 0 saturated heterocycles. The van der Waals surface area contributed by atoms with Crippen molar-refractivity contribution in [1.82, 2.24) is 9.55 Å². The van der Waals surface area contributed by atoms with E-state index in [0.717, 1.165) is 55.7 Å². The maximum Gasteiger partial charge on any atom is 0.135 e. The van der Waals surface area contributed by atoms with E-state index < -0.39 is 6.85 Å². The molecule has 0 spiro atoms. The van der Waals surface area contributed by atoms with Gasteiger partial charge in [0.1, 0.15) is 5.82 Å². The fourth-order valence-corrected chi connectivity index (χ4v) is 9.31. The summed E-state index contributed by atoms with van der Waals surface area (Å²) in [6.07, 6.45) is 1.70. The zero-order valence-electron chi connectivity index (χ0n) is 41.6. The van der Waals surface area contributed by atoms with E-state index in [4.69, 9.17) is 13.8 Å². The van der Waals surface area contributed by atoms with Crippen molar-refractivity contribution < 1.29 is 29.9 Å². The van der Waals surface area contributed by atoms with Crippen LogP contribution in [-0.2, 0) is 31.9 Å². The summed E-state index contributed by atoms with van der Waals surface area (Å²) in [4.78, 5) is 9.41. The Bertz CT molecular complexity index is 3580. The molecule has 1 aliphatic heterocycles. The van der Waals surface area contributed by atoms with Gasteiger partial charge in [-0.25, -0.2) is 4.98 Å². The Morgan fingerprint density at radius 2 is 1.22 bits per heavy atom. The molecule has 0 amide bonds. The zero-order chi connectivity index (χ0) is 48.4. The summed E-state index contributed by atoms with van der Waals surface area (Å²) >= 11 is 0. The van der Waals surface area contributed by atoms with Crippen molar-refractivity contribution in [2.45, 2.75) is 52.3 Å². The van der Waals surface area contributed by atoms with Gasteiger partial charge in [0.05, 0.1) is 0 Å². The predicted molar refractivity (Wildman–Crippen MR) is 277 cm³/mol. The molecule has 0 aliphatic carbocycles. The smallest absolute Gasteiger partial charge is 0.135 e. The summed E-state index contributed by atoms with van der Waals surface area (Å²) in [6.45, 7) is 10.8. The van der Waals surface area contributed by atoms with Gasteiger partial charge in [-0.1, -0.05) is 161 Å². The van der Waals surface area contributed by atoms with E-state index in [2.05, 4.69) is 166 Å². The third-order valence-corrected chi connectivity index (χ3v) is 13.1. The molecular weight excluding hydrogens is 1010 g/mol. The third kappa shape index (κ3) is 8.20. The predicted octanol–water partition coefficient (Wildman–Crippen LogP) is 16.2. The minimum atomic E-state index is -2.43. The van der Waals surface area contributed by atoms with Gasteiger partial charge in [-0.15, -0.1) is 48.1 Å². The number of anilines is 4. The Balaban J connectivity index is 0.00000582. The zero-order valence-corrected chi connectivity index (χ0v) is 40.8. The molecule has 0 unspecified atom stereocenters. The van der Waals surface area contributed by atoms with Gasteiger partial charge in [0.2, 0.25) is 0 Å². The van der Waals surface area contributed by atoms with Gasteiger partial charge in [0, 0.05) is 76.4 Å². The first kappa shape index (κ1) is 41.0. The van der Waals surface area contributed by atoms with Crippen molar-refractivity contribution in [1.29, 1.82) is 0 Å². The molecule has 10 aromatic rings. The van der Waals surface area contributed by atoms with Crippen LogP contribution in [-0.4, -0.2) is 9.55 Å². The SMILES string of the molecule is [2H]C([2H])([2H])c1cc(-n2c3[c-]c(Oc4[c-]c(N5[CH-]N(c6cc(-c7ccccc7)cc(C(C)(C)C)c6)c6ccccc65)ccc4)ccc3c3ccccc32)ncc1-c1cccc(C(C)(C)c2ccccc2)c1.[Pt]. The molecule has 0 bridgehead atoms. The number of ether oxygens (including phenoxy) is 1. The Hall–Kier alpha value is -7.20. The van der Waals surface area contributed by atoms with Gasteiger partial charge in [-0.2, -0.15) is 12.1 Å². The summed E-state index contributed by atoms with van der Waals surface area (Å²) in [6, 6.07) is 71.0. The standard InChI is InChI=1S/C62H51N4O.Pt/c1-42-33-60(63-40-55(42)44-21-17-24-47(34-44)62(5,6)46-22-11-8-12-23-46)66-56-28-14-13-27-53(56)54-32-31-52(39-59(54)66)67-51-26-18-25-49(38-51)64-41-65(58-30-16-15-29-57(58)64)50-36-45(43-19-9-7-10-20-43)35-48(37-50)61(2,3)4;/h7-37,40-41H,1-6H3;/q-3;/i1D3;. The molecule has 1 aliphatic rings. The Morgan fingerprint density at radius 1 is 0.559 bits per heavy atom. The Morgan fingerprint density at radius 3 is 2.00 bits per heavy atom. The van der Waals surface area contributed by atoms with Crippen LogP contribution in [0.2, 0.25) is 0 Å². The molecular formula is C62H51N4OPt-3. The molecule has 0 saturated carbocycles. The number of aryl methyl sites for hydroxylation is 1. The monoisotopic (exact) mass is 1070 g/mol. The molecule has 8 aromatic carbocycles. The fraction of sp³-hybridized carbons (Fsp3) is 0.129. The minimum absolute atomic E-state index is 0. The van der Waals surface area contributed by atoms with Crippen LogP contribution in [0.15, 0.2) is 194 Å². The first-order valence-corrected chi connectivity index (χ1v) is 22.8. The van der Waals surface area contributed by atoms with Crippen LogP contribution in [0.25, 0.3) is 49.9 Å². The molecule has 2 aromatic heterocycles. The fourth-order valence-electron chi connectivity index (χ4n) is 9.31. The quantitative estimate of drug-likeness (QED) is 0.135. The van der Waals surface area contributed by atoms with Crippen molar-refractivity contribution in [2.24, 2.45) is 0 Å². The largest absolute Gasteiger partial charge is 0.509 e. The van der Waals surface area contributed by atoms with Crippen LogP contribution < -0.4 is 14.5 Å². The van der Waals surface area contributed by atoms with Crippen molar-refractivity contribution in [3.8, 4) is 39.6 Å². The first-order valence-electron chi connectivity index (χ1n) is 24.3. The number of rotatable bonds is 9. The van der Waals surface area contributed by atoms with Crippen molar-refractivity contribution in [2.75, 3.05) is 9.80 Å². The molecule has 0 radical (unpaired) electrons. The second-order valence-corrected chi connectivity index (χ2v) is 18.8. The summed E-state index contributed by atoms with van der Waals surface area (Å²) < 4.78 is 35.0. The Kier molecular flexibility index (Phi) is 10.7. The molecule has 5 nitrogen and oxygen atoms in total. The number of hydrogen-bond acceptors (Lipinski definition) is 4. The first-order chi connectivity index (χ1) is 33.7. The van der Waals surface area contributed by atoms with E-state index in [1.165, 1.54) is 16.7 Å². The van der Waals surface area contributed by atoms with Gasteiger partial charge < -0.3 is 19.1 Å². The van der Waals surface area contributed by atoms with Gasteiger partial charge >= 0.3 is 0 Å². The summed E-state index contributed by atoms with van der Waals surface area (Å²) in [5, 5.41) is 1.93. The van der Waals surface area contributed by atoms with Crippen molar-refractivity contribution in [3.63, 3.8) is 0 Å². The number of nitrogens with zero attached hydrogens (tertiary/aromatic N) is 4. The van der Waals surface area contributed by atoms with Gasteiger partial charge in [-0.3, -0.25) is 0 Å². The maximum atomic E-state index is 8.78. The van der Waals surface area contributed by atoms with E-state index in [0.29, 0.717) is 28.4 Å². The second kappa shape index (κ2) is 17.8. The van der Waals surface area contributed by atoms with Gasteiger partial charge in [0.25, 0.3) is 0 Å². The van der Waals surface area contributed by atoms with Gasteiger partial charge in [-0.05, 0) is 93.0 Å². The molecule has 0 fully saturated rings. The number of para-hydroxylation sites is 3. The molecule has 0 N–H and O–H groups in total. The van der Waals surface area contributed by atoms with E-state index in [-0.39, 0.29) is 37.5 Å². The average Bonchev–Trinajstić information content (AvgIpc) is 3.92. The second-order valence-electron chi connectivity index (χ2n) is 18.8. The third-order valence-electron chi connectivity index (χ3n) is 13.1. The van der Waals surface area contributed by atoms with Crippen LogP contribution >= 0.6 is 0 Å². The van der Waals surface area contributed by atoms with E-state index in [1.807, 2.05) is 83.4 Å². The van der Waals surface area contributed by atoms with Crippen LogP contribution in [0.5, 0.6) is 11.5 Å². The molecule has 11 rings (SSSR count). The van der Waals surface area contributed by atoms with Crippen molar-refractivity contribution >= 4 is 44.6 Å². The van der Waals surface area contributed by atoms with Crippen LogP contribution in [0, 0.1) is 25.7 Å². The number of pyridine rings is 1. The number of fused-ring (bicyclic) bond motifs is 4. The molecule has 68 heavy (non-hydrogen) atoms. The van der Waals surface area contributed by atoms with Crippen molar-refractivity contribution in [3.05, 3.63) is 235 Å². The average molecular weight is 1070 g/mol. The summed E-state index contributed by atoms with van der Waals surface area (Å²) in [5.41, 5.74) is 12.6. The molecule has 6 heteroatoms. The maximum absolute atomic E-state index is 8.78. The number of benzene rings is 8. The van der Waals surface area contributed by atoms with Gasteiger partial charge in [0.15, 0.2) is 0 Å². The topological polar surface area (TPSA) is 33.5 Å². The summed E-state index contributed by atoms with van der Waals surface area (Å²) in [7, 11) is 0. The molecule has 0 atom stereocenters. The van der Waals surface area contributed by atoms with Crippen LogP contribution in [0.1, 0.15) is 61.0 Å². The molecule has 3 heterocycles. The van der Waals surface area contributed by atoms with E-state index in [9.17, 15) is 0 Å². The van der Waals surface area contributed by atoms with Crippen LogP contribution in [0.3, 0.4) is 0 Å². The van der Waals surface area contributed by atoms with Crippen LogP contribution in [0.4, 0.5) is 22.7 Å². The molecule has 338 valence electrons.